The lowest BCUT2D eigenvalue weighted by Crippen LogP contribution is -2.63. The lowest BCUT2D eigenvalue weighted by molar-refractivity contribution is -0.289. The van der Waals surface area contributed by atoms with Gasteiger partial charge in [-0.05, 0) is 24.0 Å². The van der Waals surface area contributed by atoms with Gasteiger partial charge in [-0.2, -0.15) is 0 Å². The predicted molar refractivity (Wildman–Crippen MR) is 130 cm³/mol. The van der Waals surface area contributed by atoms with Crippen LogP contribution in [0.15, 0.2) is 60.7 Å². The first-order valence-electron chi connectivity index (χ1n) is 12.4. The topological polar surface area (TPSA) is 96.2 Å². The number of carbonyl (C=O) groups is 1. The summed E-state index contributed by atoms with van der Waals surface area (Å²) in [5, 5.41) is 33.4. The molecule has 0 bridgehead atoms. The molecular weight excluding hydrogens is 432 g/mol. The molecular formula is C28H38O6. The van der Waals surface area contributed by atoms with Gasteiger partial charge in [0.1, 0.15) is 11.7 Å². The maximum Gasteiger partial charge on any atom is 0.309 e. The lowest BCUT2D eigenvalue weighted by atomic mass is 9.79. The molecule has 0 amide bonds. The second-order valence-corrected chi connectivity index (χ2v) is 9.41. The third-order valence-electron chi connectivity index (χ3n) is 6.54. The van der Waals surface area contributed by atoms with E-state index in [4.69, 9.17) is 9.47 Å². The molecule has 3 N–H and O–H groups in total. The number of hydrogen-bond acceptors (Lipinski definition) is 6. The molecule has 1 saturated heterocycles. The predicted octanol–water partition coefficient (Wildman–Crippen LogP) is 3.80. The van der Waals surface area contributed by atoms with Crippen molar-refractivity contribution in [1.29, 1.82) is 0 Å². The van der Waals surface area contributed by atoms with Crippen LogP contribution in [0.5, 0.6) is 0 Å². The first-order valence-corrected chi connectivity index (χ1v) is 12.4. The zero-order valence-electron chi connectivity index (χ0n) is 20.2. The summed E-state index contributed by atoms with van der Waals surface area (Å²) in [6.07, 6.45) is -1.25. The quantitative estimate of drug-likeness (QED) is 0.433. The molecule has 1 aliphatic rings. The van der Waals surface area contributed by atoms with Gasteiger partial charge in [-0.3, -0.25) is 4.79 Å². The van der Waals surface area contributed by atoms with Crippen molar-refractivity contribution in [1.82, 2.24) is 0 Å². The van der Waals surface area contributed by atoms with E-state index in [2.05, 4.69) is 0 Å². The average Bonchev–Trinajstić information content (AvgIpc) is 2.81. The third-order valence-corrected chi connectivity index (χ3v) is 6.54. The summed E-state index contributed by atoms with van der Waals surface area (Å²) in [6.45, 7) is 4.04. The van der Waals surface area contributed by atoms with E-state index in [-0.39, 0.29) is 25.2 Å². The normalized spacial score (nSPS) is 25.8. The molecule has 3 rings (SSSR count). The Bertz CT molecular complexity index is 867. The Kier molecular flexibility index (Phi) is 9.65. The van der Waals surface area contributed by atoms with Gasteiger partial charge in [0.25, 0.3) is 0 Å². The molecule has 186 valence electrons. The van der Waals surface area contributed by atoms with Gasteiger partial charge in [0.05, 0.1) is 12.0 Å². The van der Waals surface area contributed by atoms with Gasteiger partial charge in [-0.1, -0.05) is 87.4 Å². The second kappa shape index (κ2) is 12.5. The molecule has 0 aliphatic carbocycles. The number of ether oxygens (including phenoxy) is 2. The van der Waals surface area contributed by atoms with Crippen molar-refractivity contribution in [2.75, 3.05) is 0 Å². The zero-order valence-corrected chi connectivity index (χ0v) is 20.2. The fraction of sp³-hybridized carbons (Fsp3) is 0.536. The molecule has 2 aromatic rings. The van der Waals surface area contributed by atoms with Crippen molar-refractivity contribution in [3.63, 3.8) is 0 Å². The Hall–Kier alpha value is -2.25. The molecule has 34 heavy (non-hydrogen) atoms. The zero-order chi connectivity index (χ0) is 24.6. The number of hydrogen-bond donors (Lipinski definition) is 3. The molecule has 0 spiro atoms. The van der Waals surface area contributed by atoms with Crippen LogP contribution in [0.25, 0.3) is 0 Å². The summed E-state index contributed by atoms with van der Waals surface area (Å²) in [5.41, 5.74) is 0.125. The van der Waals surface area contributed by atoms with Crippen molar-refractivity contribution < 1.29 is 29.6 Å². The smallest absolute Gasteiger partial charge is 0.309 e. The maximum atomic E-state index is 13.2. The highest BCUT2D eigenvalue weighted by Crippen LogP contribution is 2.36. The van der Waals surface area contributed by atoms with E-state index in [1.54, 1.807) is 0 Å². The minimum Gasteiger partial charge on any atom is -0.456 e. The van der Waals surface area contributed by atoms with Gasteiger partial charge in [0, 0.05) is 19.3 Å². The van der Waals surface area contributed by atoms with Crippen LogP contribution in [0.2, 0.25) is 0 Å². The van der Waals surface area contributed by atoms with Crippen LogP contribution in [0, 0.1) is 5.92 Å². The van der Waals surface area contributed by atoms with E-state index in [9.17, 15) is 20.1 Å². The van der Waals surface area contributed by atoms with E-state index in [0.29, 0.717) is 12.8 Å². The molecule has 1 heterocycles. The van der Waals surface area contributed by atoms with Gasteiger partial charge in [0.2, 0.25) is 0 Å². The molecule has 2 unspecified atom stereocenters. The number of benzene rings is 2. The van der Waals surface area contributed by atoms with Crippen LogP contribution < -0.4 is 0 Å². The van der Waals surface area contributed by atoms with Crippen molar-refractivity contribution in [3.8, 4) is 0 Å². The number of rotatable bonds is 11. The van der Waals surface area contributed by atoms with Crippen LogP contribution in [0.3, 0.4) is 0 Å². The van der Waals surface area contributed by atoms with Crippen molar-refractivity contribution in [3.05, 3.63) is 71.8 Å². The van der Waals surface area contributed by atoms with Crippen molar-refractivity contribution in [2.24, 2.45) is 5.92 Å². The summed E-state index contributed by atoms with van der Waals surface area (Å²) in [7, 11) is 0. The molecule has 5 atom stereocenters. The first-order chi connectivity index (χ1) is 16.4. The molecule has 1 aliphatic heterocycles. The Morgan fingerprint density at radius 3 is 2.15 bits per heavy atom. The number of aliphatic hydroxyl groups is 3. The SMILES string of the molecule is CCCC(CCC)C(=O)O[C@@H]1[C@@H](C(O)Cc2ccccc2)OC(O)C[C@]1(O)Cc1ccccc1. The molecule has 0 aromatic heterocycles. The van der Waals surface area contributed by atoms with Crippen LogP contribution in [0.1, 0.15) is 57.1 Å². The maximum absolute atomic E-state index is 13.2. The molecule has 0 saturated carbocycles. The molecule has 0 radical (unpaired) electrons. The lowest BCUT2D eigenvalue weighted by Gasteiger charge is -2.47. The number of esters is 1. The highest BCUT2D eigenvalue weighted by molar-refractivity contribution is 5.72. The third kappa shape index (κ3) is 6.89. The second-order valence-electron chi connectivity index (χ2n) is 9.41. The monoisotopic (exact) mass is 470 g/mol. The molecule has 6 heteroatoms. The molecule has 2 aromatic carbocycles. The summed E-state index contributed by atoms with van der Waals surface area (Å²) in [4.78, 5) is 13.2. The van der Waals surface area contributed by atoms with E-state index in [1.165, 1.54) is 0 Å². The fourth-order valence-corrected chi connectivity index (χ4v) is 4.89. The minimum atomic E-state index is -1.60. The Morgan fingerprint density at radius 1 is 1.03 bits per heavy atom. The first kappa shape index (κ1) is 26.4. The van der Waals surface area contributed by atoms with Gasteiger partial charge >= 0.3 is 5.97 Å². The summed E-state index contributed by atoms with van der Waals surface area (Å²) >= 11 is 0. The van der Waals surface area contributed by atoms with Crippen LogP contribution in [-0.4, -0.2) is 51.5 Å². The van der Waals surface area contributed by atoms with Crippen LogP contribution in [0.4, 0.5) is 0 Å². The molecule has 6 nitrogen and oxygen atoms in total. The minimum absolute atomic E-state index is 0.124. The van der Waals surface area contributed by atoms with E-state index in [0.717, 1.165) is 24.0 Å². The Morgan fingerprint density at radius 2 is 1.59 bits per heavy atom. The molecule has 1 fully saturated rings. The van der Waals surface area contributed by atoms with Crippen molar-refractivity contribution in [2.45, 2.75) is 89.0 Å². The van der Waals surface area contributed by atoms with E-state index >= 15 is 0 Å². The summed E-state index contributed by atoms with van der Waals surface area (Å²) in [6, 6.07) is 18.8. The summed E-state index contributed by atoms with van der Waals surface area (Å²) < 4.78 is 11.7. The van der Waals surface area contributed by atoms with E-state index < -0.39 is 36.2 Å². The standard InChI is InChI=1S/C28H38O6/c1-3-11-22(12-4-2)27(31)34-26-25(23(29)17-20-13-7-5-8-14-20)33-24(30)19-28(26,32)18-21-15-9-6-10-16-21/h5-10,13-16,22-26,29-30,32H,3-4,11-12,17-19H2,1-2H3/t23?,24?,25-,26-,28-/m1/s1. The van der Waals surface area contributed by atoms with Gasteiger partial charge in [0.15, 0.2) is 12.4 Å². The van der Waals surface area contributed by atoms with Crippen LogP contribution >= 0.6 is 0 Å². The number of carbonyl (C=O) groups excluding carboxylic acids is 1. The van der Waals surface area contributed by atoms with Gasteiger partial charge < -0.3 is 24.8 Å². The van der Waals surface area contributed by atoms with E-state index in [1.807, 2.05) is 74.5 Å². The highest BCUT2D eigenvalue weighted by atomic mass is 16.6. The number of aliphatic hydroxyl groups excluding tert-OH is 2. The van der Waals surface area contributed by atoms with Gasteiger partial charge in [-0.15, -0.1) is 0 Å². The Balaban J connectivity index is 1.91. The van der Waals surface area contributed by atoms with Crippen molar-refractivity contribution >= 4 is 5.97 Å². The average molecular weight is 471 g/mol. The van der Waals surface area contributed by atoms with Gasteiger partial charge in [-0.25, -0.2) is 0 Å². The summed E-state index contributed by atoms with van der Waals surface area (Å²) in [5.74, 6) is -0.674. The largest absolute Gasteiger partial charge is 0.456 e. The Labute approximate surface area is 202 Å². The fourth-order valence-electron chi connectivity index (χ4n) is 4.89. The van der Waals surface area contributed by atoms with Crippen LogP contribution in [-0.2, 0) is 27.1 Å². The highest BCUT2D eigenvalue weighted by Gasteiger charge is 2.53.